The molecule has 2 aromatic heterocycles. The fraction of sp³-hybridized carbons (Fsp3) is 0.100. The minimum Gasteiger partial charge on any atom is -0.358 e. The van der Waals surface area contributed by atoms with Gasteiger partial charge >= 0.3 is 5.82 Å². The maximum absolute atomic E-state index is 13.1. The first-order valence-corrected chi connectivity index (χ1v) is 9.48. The van der Waals surface area contributed by atoms with E-state index >= 15 is 0 Å². The molecule has 1 amide bonds. The van der Waals surface area contributed by atoms with E-state index in [0.29, 0.717) is 27.2 Å². The van der Waals surface area contributed by atoms with Gasteiger partial charge in [0.15, 0.2) is 5.82 Å². The minimum absolute atomic E-state index is 0.197. The van der Waals surface area contributed by atoms with Gasteiger partial charge in [-0.05, 0) is 36.1 Å². The zero-order valence-corrected chi connectivity index (χ0v) is 16.9. The van der Waals surface area contributed by atoms with Crippen molar-refractivity contribution in [2.24, 2.45) is 0 Å². The number of benzene rings is 2. The van der Waals surface area contributed by atoms with Crippen LogP contribution in [0.3, 0.4) is 0 Å². The molecule has 0 aliphatic carbocycles. The van der Waals surface area contributed by atoms with Crippen LogP contribution in [0, 0.1) is 17.0 Å². The standard InChI is InChI=1S/C20H15ClN6O4/c1-12-9-17(27(30)31)23-25(12)11-18(28)24-26-19(13-5-4-6-14(21)10-13)22-16-8-3-2-7-15(16)20(26)29/h2-10H,11H2,1H3,(H,24,28). The Bertz CT molecular complexity index is 1390. The first-order valence-electron chi connectivity index (χ1n) is 9.10. The number of fused-ring (bicyclic) bond motifs is 1. The number of nitrogens with zero attached hydrogens (tertiary/aromatic N) is 5. The van der Waals surface area contributed by atoms with E-state index in [2.05, 4.69) is 15.5 Å². The lowest BCUT2D eigenvalue weighted by Crippen LogP contribution is -2.37. The summed E-state index contributed by atoms with van der Waals surface area (Å²) in [5.41, 5.74) is 3.48. The normalized spacial score (nSPS) is 10.9. The molecule has 4 aromatic rings. The Labute approximate surface area is 179 Å². The van der Waals surface area contributed by atoms with Gasteiger partial charge in [0.05, 0.1) is 27.8 Å². The number of aromatic nitrogens is 4. The van der Waals surface area contributed by atoms with Crippen molar-refractivity contribution >= 4 is 34.2 Å². The Morgan fingerprint density at radius 1 is 1.19 bits per heavy atom. The molecule has 0 spiro atoms. The zero-order chi connectivity index (χ0) is 22.1. The van der Waals surface area contributed by atoms with Crippen molar-refractivity contribution in [3.8, 4) is 11.4 Å². The Hall–Kier alpha value is -4.05. The maximum Gasteiger partial charge on any atom is 0.390 e. The molecule has 0 unspecified atom stereocenters. The molecule has 0 atom stereocenters. The van der Waals surface area contributed by atoms with Crippen LogP contribution in [0.25, 0.3) is 22.3 Å². The Balaban J connectivity index is 1.76. The summed E-state index contributed by atoms with van der Waals surface area (Å²) in [5.74, 6) is -0.777. The van der Waals surface area contributed by atoms with Crippen LogP contribution in [0.15, 0.2) is 59.4 Å². The van der Waals surface area contributed by atoms with Crippen LogP contribution in [0.2, 0.25) is 5.02 Å². The summed E-state index contributed by atoms with van der Waals surface area (Å²) >= 11 is 6.09. The van der Waals surface area contributed by atoms with Gasteiger partial charge in [-0.15, -0.1) is 0 Å². The highest BCUT2D eigenvalue weighted by atomic mass is 35.5. The van der Waals surface area contributed by atoms with Crippen molar-refractivity contribution in [2.45, 2.75) is 13.5 Å². The summed E-state index contributed by atoms with van der Waals surface area (Å²) in [4.78, 5) is 40.6. The fourth-order valence-electron chi connectivity index (χ4n) is 3.10. The Morgan fingerprint density at radius 2 is 1.97 bits per heavy atom. The van der Waals surface area contributed by atoms with E-state index in [1.807, 2.05) is 0 Å². The molecule has 11 heteroatoms. The van der Waals surface area contributed by atoms with Crippen LogP contribution in [0.5, 0.6) is 0 Å². The van der Waals surface area contributed by atoms with Crippen molar-refractivity contribution < 1.29 is 9.72 Å². The molecular formula is C20H15ClN6O4. The van der Waals surface area contributed by atoms with Gasteiger partial charge in [0, 0.05) is 10.6 Å². The van der Waals surface area contributed by atoms with Gasteiger partial charge in [0.1, 0.15) is 6.54 Å². The molecule has 0 saturated carbocycles. The number of nitro groups is 1. The first kappa shape index (κ1) is 20.2. The molecule has 0 radical (unpaired) electrons. The molecule has 0 aliphatic rings. The molecule has 156 valence electrons. The number of carbonyl (C=O) groups excluding carboxylic acids is 1. The van der Waals surface area contributed by atoms with Crippen molar-refractivity contribution in [3.05, 3.63) is 85.8 Å². The van der Waals surface area contributed by atoms with Crippen LogP contribution in [0.4, 0.5) is 5.82 Å². The van der Waals surface area contributed by atoms with E-state index in [0.717, 1.165) is 4.68 Å². The van der Waals surface area contributed by atoms with Gasteiger partial charge in [-0.1, -0.05) is 35.9 Å². The van der Waals surface area contributed by atoms with Crippen LogP contribution in [0.1, 0.15) is 5.69 Å². The molecule has 4 rings (SSSR count). The second-order valence-electron chi connectivity index (χ2n) is 6.70. The summed E-state index contributed by atoms with van der Waals surface area (Å²) < 4.78 is 2.23. The van der Waals surface area contributed by atoms with Crippen molar-refractivity contribution in [1.29, 1.82) is 0 Å². The quantitative estimate of drug-likeness (QED) is 0.377. The van der Waals surface area contributed by atoms with E-state index in [9.17, 15) is 19.7 Å². The molecule has 2 heterocycles. The fourth-order valence-corrected chi connectivity index (χ4v) is 3.29. The summed E-state index contributed by atoms with van der Waals surface area (Å²) in [6.45, 7) is 1.27. The Kier molecular flexibility index (Phi) is 5.22. The second-order valence-corrected chi connectivity index (χ2v) is 7.13. The smallest absolute Gasteiger partial charge is 0.358 e. The third-order valence-corrected chi connectivity index (χ3v) is 4.78. The molecule has 0 bridgehead atoms. The average molecular weight is 439 g/mol. The van der Waals surface area contributed by atoms with E-state index in [-0.39, 0.29) is 18.2 Å². The lowest BCUT2D eigenvalue weighted by molar-refractivity contribution is -0.389. The van der Waals surface area contributed by atoms with Gasteiger partial charge in [-0.3, -0.25) is 15.0 Å². The number of para-hydroxylation sites is 1. The lowest BCUT2D eigenvalue weighted by Gasteiger charge is -2.14. The number of aryl methyl sites for hydroxylation is 1. The Morgan fingerprint density at radius 3 is 2.68 bits per heavy atom. The van der Waals surface area contributed by atoms with Gasteiger partial charge in [0.2, 0.25) is 0 Å². The monoisotopic (exact) mass is 438 g/mol. The molecule has 0 fully saturated rings. The van der Waals surface area contributed by atoms with Crippen molar-refractivity contribution in [1.82, 2.24) is 19.4 Å². The number of carbonyl (C=O) groups is 1. The van der Waals surface area contributed by atoms with Crippen LogP contribution < -0.4 is 11.0 Å². The van der Waals surface area contributed by atoms with E-state index in [1.54, 1.807) is 55.5 Å². The van der Waals surface area contributed by atoms with E-state index < -0.39 is 16.4 Å². The highest BCUT2D eigenvalue weighted by molar-refractivity contribution is 6.30. The summed E-state index contributed by atoms with van der Waals surface area (Å²) in [6.07, 6.45) is 0. The zero-order valence-electron chi connectivity index (χ0n) is 16.2. The summed E-state index contributed by atoms with van der Waals surface area (Å²) in [5, 5.41) is 15.5. The van der Waals surface area contributed by atoms with Crippen molar-refractivity contribution in [3.63, 3.8) is 0 Å². The van der Waals surface area contributed by atoms with Crippen LogP contribution in [-0.2, 0) is 11.3 Å². The van der Waals surface area contributed by atoms with Gasteiger partial charge in [-0.2, -0.15) is 9.36 Å². The topological polar surface area (TPSA) is 125 Å². The predicted molar refractivity (Wildman–Crippen MR) is 114 cm³/mol. The van der Waals surface area contributed by atoms with Gasteiger partial charge in [0.25, 0.3) is 11.5 Å². The van der Waals surface area contributed by atoms with Gasteiger partial charge in [-0.25, -0.2) is 4.98 Å². The average Bonchev–Trinajstić information content (AvgIpc) is 3.10. The third-order valence-electron chi connectivity index (χ3n) is 4.54. The number of amides is 1. The molecule has 0 aliphatic heterocycles. The SMILES string of the molecule is Cc1cc([N+](=O)[O-])nn1CC(=O)Nn1c(-c2cccc(Cl)c2)nc2ccccc2c1=O. The molecule has 31 heavy (non-hydrogen) atoms. The number of hydrogen-bond acceptors (Lipinski definition) is 6. The molecule has 1 N–H and O–H groups in total. The second kappa shape index (κ2) is 8.00. The predicted octanol–water partition coefficient (Wildman–Crippen LogP) is 2.90. The molecule has 0 saturated heterocycles. The van der Waals surface area contributed by atoms with Crippen LogP contribution in [-0.4, -0.2) is 30.3 Å². The van der Waals surface area contributed by atoms with Crippen LogP contribution >= 0.6 is 11.6 Å². The number of nitrogens with one attached hydrogen (secondary N) is 1. The largest absolute Gasteiger partial charge is 0.390 e. The highest BCUT2D eigenvalue weighted by Crippen LogP contribution is 2.21. The third kappa shape index (κ3) is 4.01. The summed E-state index contributed by atoms with van der Waals surface area (Å²) in [7, 11) is 0. The maximum atomic E-state index is 13.1. The van der Waals surface area contributed by atoms with Crippen molar-refractivity contribution in [2.75, 3.05) is 5.43 Å². The number of hydrogen-bond donors (Lipinski definition) is 1. The minimum atomic E-state index is -0.642. The van der Waals surface area contributed by atoms with E-state index in [4.69, 9.17) is 11.6 Å². The molecule has 10 nitrogen and oxygen atoms in total. The number of halogens is 1. The first-order chi connectivity index (χ1) is 14.8. The molecule has 2 aromatic carbocycles. The van der Waals surface area contributed by atoms with E-state index in [1.165, 1.54) is 10.7 Å². The number of rotatable bonds is 5. The van der Waals surface area contributed by atoms with Gasteiger partial charge < -0.3 is 10.1 Å². The molecular weight excluding hydrogens is 424 g/mol. The highest BCUT2D eigenvalue weighted by Gasteiger charge is 2.20. The lowest BCUT2D eigenvalue weighted by atomic mass is 10.2. The summed E-state index contributed by atoms with van der Waals surface area (Å²) in [6, 6.07) is 14.7.